The van der Waals surface area contributed by atoms with Crippen LogP contribution in [-0.2, 0) is 16.0 Å². The number of amides is 1. The first kappa shape index (κ1) is 14.2. The summed E-state index contributed by atoms with van der Waals surface area (Å²) in [5, 5.41) is 11.5. The van der Waals surface area contributed by atoms with Gasteiger partial charge in [0.15, 0.2) is 0 Å². The molecule has 1 aromatic rings. The zero-order valence-electron chi connectivity index (χ0n) is 10.6. The Bertz CT molecular complexity index is 407. The molecule has 4 nitrogen and oxygen atoms in total. The van der Waals surface area contributed by atoms with Gasteiger partial charge >= 0.3 is 0 Å². The van der Waals surface area contributed by atoms with Gasteiger partial charge in [-0.3, -0.25) is 4.79 Å². The Morgan fingerprint density at radius 1 is 1.39 bits per heavy atom. The van der Waals surface area contributed by atoms with E-state index in [1.54, 1.807) is 24.3 Å². The number of hydrogen-bond acceptors (Lipinski definition) is 3. The van der Waals surface area contributed by atoms with Gasteiger partial charge in [-0.25, -0.2) is 0 Å². The molecule has 1 amide bonds. The van der Waals surface area contributed by atoms with E-state index in [0.29, 0.717) is 31.7 Å². The van der Waals surface area contributed by atoms with Gasteiger partial charge in [-0.05, 0) is 31.0 Å². The van der Waals surface area contributed by atoms with Crippen LogP contribution in [0.2, 0.25) is 0 Å². The minimum absolute atomic E-state index is 0.00351. The molecule has 0 aliphatic heterocycles. The van der Waals surface area contributed by atoms with Crippen molar-refractivity contribution in [3.63, 3.8) is 0 Å². The number of benzene rings is 1. The molecular weight excluding hydrogens is 228 g/mol. The molecule has 1 aromatic carbocycles. The van der Waals surface area contributed by atoms with Crippen molar-refractivity contribution >= 4 is 5.91 Å². The Morgan fingerprint density at radius 2 is 2.11 bits per heavy atom. The molecule has 0 radical (unpaired) electrons. The zero-order chi connectivity index (χ0) is 13.2. The lowest BCUT2D eigenvalue weighted by Crippen LogP contribution is -2.26. The molecule has 0 atom stereocenters. The van der Waals surface area contributed by atoms with E-state index in [9.17, 15) is 4.79 Å². The Labute approximate surface area is 108 Å². The summed E-state index contributed by atoms with van der Waals surface area (Å²) in [5.41, 5.74) is 1.52. The molecule has 1 rings (SSSR count). The van der Waals surface area contributed by atoms with Crippen LogP contribution in [0.4, 0.5) is 0 Å². The SMILES string of the molecule is CCOCCCNC(=O)Cc1ccc(C#N)cc1. The first-order valence-corrected chi connectivity index (χ1v) is 6.09. The lowest BCUT2D eigenvalue weighted by atomic mass is 10.1. The standard InChI is InChI=1S/C14H18N2O2/c1-2-18-9-3-8-16-14(17)10-12-4-6-13(11-15)7-5-12/h4-7H,2-3,8-10H2,1H3,(H,16,17). The van der Waals surface area contributed by atoms with E-state index in [0.717, 1.165) is 12.0 Å². The molecule has 0 aromatic heterocycles. The molecular formula is C14H18N2O2. The molecule has 4 heteroatoms. The van der Waals surface area contributed by atoms with Gasteiger partial charge in [0.1, 0.15) is 0 Å². The summed E-state index contributed by atoms with van der Waals surface area (Å²) in [7, 11) is 0. The van der Waals surface area contributed by atoms with Crippen molar-refractivity contribution in [3.8, 4) is 6.07 Å². The van der Waals surface area contributed by atoms with E-state index in [4.69, 9.17) is 10.00 Å². The molecule has 0 unspecified atom stereocenters. The lowest BCUT2D eigenvalue weighted by molar-refractivity contribution is -0.120. The smallest absolute Gasteiger partial charge is 0.224 e. The number of carbonyl (C=O) groups is 1. The van der Waals surface area contributed by atoms with Crippen LogP contribution in [0.15, 0.2) is 24.3 Å². The Hall–Kier alpha value is -1.86. The van der Waals surface area contributed by atoms with Gasteiger partial charge in [-0.1, -0.05) is 12.1 Å². The molecule has 0 saturated heterocycles. The predicted octanol–water partition coefficient (Wildman–Crippen LogP) is 1.64. The molecule has 0 aliphatic rings. The van der Waals surface area contributed by atoms with E-state index in [1.165, 1.54) is 0 Å². The van der Waals surface area contributed by atoms with Crippen LogP contribution in [0.3, 0.4) is 0 Å². The molecule has 18 heavy (non-hydrogen) atoms. The van der Waals surface area contributed by atoms with Gasteiger partial charge in [0.05, 0.1) is 18.1 Å². The van der Waals surface area contributed by atoms with Gasteiger partial charge in [-0.2, -0.15) is 5.26 Å². The molecule has 0 heterocycles. The summed E-state index contributed by atoms with van der Waals surface area (Å²) >= 11 is 0. The summed E-state index contributed by atoms with van der Waals surface area (Å²) < 4.78 is 5.18. The summed E-state index contributed by atoms with van der Waals surface area (Å²) in [4.78, 5) is 11.6. The van der Waals surface area contributed by atoms with Crippen LogP contribution in [0.1, 0.15) is 24.5 Å². The molecule has 0 fully saturated rings. The van der Waals surface area contributed by atoms with E-state index in [1.807, 2.05) is 13.0 Å². The van der Waals surface area contributed by atoms with Crippen LogP contribution < -0.4 is 5.32 Å². The highest BCUT2D eigenvalue weighted by molar-refractivity contribution is 5.78. The van der Waals surface area contributed by atoms with E-state index in [2.05, 4.69) is 5.32 Å². The van der Waals surface area contributed by atoms with Crippen LogP contribution in [0.25, 0.3) is 0 Å². The fraction of sp³-hybridized carbons (Fsp3) is 0.429. The number of hydrogen-bond donors (Lipinski definition) is 1. The lowest BCUT2D eigenvalue weighted by Gasteiger charge is -2.05. The fourth-order valence-electron chi connectivity index (χ4n) is 1.49. The molecule has 1 N–H and O–H groups in total. The van der Waals surface area contributed by atoms with Crippen LogP contribution in [0, 0.1) is 11.3 Å². The van der Waals surface area contributed by atoms with Crippen molar-refractivity contribution < 1.29 is 9.53 Å². The zero-order valence-corrected chi connectivity index (χ0v) is 10.6. The third kappa shape index (κ3) is 5.46. The average Bonchev–Trinajstić information content (AvgIpc) is 2.39. The highest BCUT2D eigenvalue weighted by Crippen LogP contribution is 2.03. The molecule has 0 spiro atoms. The second-order valence-corrected chi connectivity index (χ2v) is 3.89. The van der Waals surface area contributed by atoms with Crippen molar-refractivity contribution in [1.82, 2.24) is 5.32 Å². The molecule has 96 valence electrons. The Kier molecular flexibility index (Phi) is 6.52. The van der Waals surface area contributed by atoms with E-state index < -0.39 is 0 Å². The van der Waals surface area contributed by atoms with Crippen LogP contribution in [-0.4, -0.2) is 25.7 Å². The van der Waals surface area contributed by atoms with E-state index >= 15 is 0 Å². The summed E-state index contributed by atoms with van der Waals surface area (Å²) in [5.74, 6) is -0.00351. The van der Waals surface area contributed by atoms with Crippen molar-refractivity contribution in [2.75, 3.05) is 19.8 Å². The highest BCUT2D eigenvalue weighted by Gasteiger charge is 2.02. The monoisotopic (exact) mass is 246 g/mol. The van der Waals surface area contributed by atoms with Crippen molar-refractivity contribution in [3.05, 3.63) is 35.4 Å². The van der Waals surface area contributed by atoms with Crippen molar-refractivity contribution in [2.45, 2.75) is 19.8 Å². The second-order valence-electron chi connectivity index (χ2n) is 3.89. The number of nitriles is 1. The van der Waals surface area contributed by atoms with Crippen molar-refractivity contribution in [2.24, 2.45) is 0 Å². The molecule has 0 bridgehead atoms. The third-order valence-corrected chi connectivity index (χ3v) is 2.44. The Balaban J connectivity index is 2.25. The third-order valence-electron chi connectivity index (χ3n) is 2.44. The van der Waals surface area contributed by atoms with Crippen LogP contribution in [0.5, 0.6) is 0 Å². The molecule has 0 aliphatic carbocycles. The van der Waals surface area contributed by atoms with Gasteiger partial charge in [-0.15, -0.1) is 0 Å². The highest BCUT2D eigenvalue weighted by atomic mass is 16.5. The van der Waals surface area contributed by atoms with E-state index in [-0.39, 0.29) is 5.91 Å². The normalized spacial score (nSPS) is 9.78. The first-order valence-electron chi connectivity index (χ1n) is 6.09. The number of nitrogens with one attached hydrogen (secondary N) is 1. The number of ether oxygens (including phenoxy) is 1. The van der Waals surface area contributed by atoms with Gasteiger partial charge in [0, 0.05) is 19.8 Å². The fourth-order valence-corrected chi connectivity index (χ4v) is 1.49. The van der Waals surface area contributed by atoms with Gasteiger partial charge in [0.2, 0.25) is 5.91 Å². The van der Waals surface area contributed by atoms with Gasteiger partial charge in [0.25, 0.3) is 0 Å². The quantitative estimate of drug-likeness (QED) is 0.744. The second kappa shape index (κ2) is 8.26. The minimum atomic E-state index is -0.00351. The molecule has 0 saturated carbocycles. The Morgan fingerprint density at radius 3 is 2.72 bits per heavy atom. The summed E-state index contributed by atoms with van der Waals surface area (Å²) in [6, 6.07) is 9.09. The number of rotatable bonds is 7. The average molecular weight is 246 g/mol. The van der Waals surface area contributed by atoms with Crippen LogP contribution >= 0.6 is 0 Å². The summed E-state index contributed by atoms with van der Waals surface area (Å²) in [6.07, 6.45) is 1.17. The predicted molar refractivity (Wildman–Crippen MR) is 69.0 cm³/mol. The number of carbonyl (C=O) groups excluding carboxylic acids is 1. The summed E-state index contributed by atoms with van der Waals surface area (Å²) in [6.45, 7) is 3.96. The maximum atomic E-state index is 11.6. The van der Waals surface area contributed by atoms with Gasteiger partial charge < -0.3 is 10.1 Å². The topological polar surface area (TPSA) is 62.1 Å². The largest absolute Gasteiger partial charge is 0.382 e. The maximum Gasteiger partial charge on any atom is 0.224 e. The minimum Gasteiger partial charge on any atom is -0.382 e. The first-order chi connectivity index (χ1) is 8.76. The van der Waals surface area contributed by atoms with Crippen molar-refractivity contribution in [1.29, 1.82) is 5.26 Å². The number of nitrogens with zero attached hydrogens (tertiary/aromatic N) is 1. The maximum absolute atomic E-state index is 11.6.